The monoisotopic (exact) mass is 312 g/mol. The summed E-state index contributed by atoms with van der Waals surface area (Å²) in [6.45, 7) is 0. The molecule has 2 rings (SSSR count). The van der Waals surface area contributed by atoms with Crippen molar-refractivity contribution in [3.8, 4) is 0 Å². The maximum atomic E-state index is 5.95. The fraction of sp³-hybridized carbons (Fsp3) is 0.0909. The first-order valence-electron chi connectivity index (χ1n) is 4.88. The zero-order valence-corrected chi connectivity index (χ0v) is 11.1. The predicted molar refractivity (Wildman–Crippen MR) is 70.4 cm³/mol. The summed E-state index contributed by atoms with van der Waals surface area (Å²) in [5.41, 5.74) is 4.61. The second-order valence-electron chi connectivity index (χ2n) is 3.45. The normalized spacial score (nSPS) is 12.4. The molecule has 2 aromatic rings. The van der Waals surface area contributed by atoms with Crippen molar-refractivity contribution in [2.24, 2.45) is 5.84 Å². The van der Waals surface area contributed by atoms with Gasteiger partial charge in [0.2, 0.25) is 0 Å². The number of hydrogen-bond donors (Lipinski definition) is 2. The SMILES string of the molecule is NNC(c1cncnc1)c1ccc(Cl)c(Br)c1. The molecule has 0 saturated heterocycles. The summed E-state index contributed by atoms with van der Waals surface area (Å²) in [5.74, 6) is 5.57. The minimum Gasteiger partial charge on any atom is -0.271 e. The van der Waals surface area contributed by atoms with Crippen LogP contribution in [0.1, 0.15) is 17.2 Å². The molecular formula is C11H10BrClN4. The Morgan fingerprint density at radius 1 is 1.24 bits per heavy atom. The van der Waals surface area contributed by atoms with Crippen molar-refractivity contribution >= 4 is 27.5 Å². The number of hydrazine groups is 1. The van der Waals surface area contributed by atoms with Gasteiger partial charge >= 0.3 is 0 Å². The van der Waals surface area contributed by atoms with E-state index in [2.05, 4.69) is 31.3 Å². The third-order valence-corrected chi connectivity index (χ3v) is 3.57. The summed E-state index contributed by atoms with van der Waals surface area (Å²) in [6, 6.07) is 5.48. The van der Waals surface area contributed by atoms with Crippen molar-refractivity contribution < 1.29 is 0 Å². The molecule has 1 unspecified atom stereocenters. The standard InChI is InChI=1S/C11H10BrClN4/c12-9-3-7(1-2-10(9)13)11(17-14)8-4-15-6-16-5-8/h1-6,11,17H,14H2. The Morgan fingerprint density at radius 3 is 2.53 bits per heavy atom. The van der Waals surface area contributed by atoms with Gasteiger partial charge in [-0.3, -0.25) is 5.84 Å². The van der Waals surface area contributed by atoms with E-state index in [1.165, 1.54) is 6.33 Å². The van der Waals surface area contributed by atoms with E-state index in [0.717, 1.165) is 15.6 Å². The molecule has 1 heterocycles. The topological polar surface area (TPSA) is 63.8 Å². The van der Waals surface area contributed by atoms with Gasteiger partial charge in [0, 0.05) is 22.4 Å². The molecule has 0 spiro atoms. The minimum atomic E-state index is -0.162. The first-order chi connectivity index (χ1) is 8.22. The Hall–Kier alpha value is -1.01. The van der Waals surface area contributed by atoms with Crippen molar-refractivity contribution in [2.45, 2.75) is 6.04 Å². The van der Waals surface area contributed by atoms with Crippen molar-refractivity contribution in [3.63, 3.8) is 0 Å². The number of aromatic nitrogens is 2. The molecule has 1 atom stereocenters. The molecule has 0 amide bonds. The Labute approximate surface area is 112 Å². The van der Waals surface area contributed by atoms with Crippen LogP contribution in [0.4, 0.5) is 0 Å². The van der Waals surface area contributed by atoms with Crippen LogP contribution in [0.5, 0.6) is 0 Å². The average molecular weight is 314 g/mol. The molecule has 0 bridgehead atoms. The smallest absolute Gasteiger partial charge is 0.115 e. The molecule has 88 valence electrons. The summed E-state index contributed by atoms with van der Waals surface area (Å²) >= 11 is 9.34. The molecule has 0 aliphatic rings. The van der Waals surface area contributed by atoms with E-state index in [4.69, 9.17) is 17.4 Å². The number of nitrogens with one attached hydrogen (secondary N) is 1. The van der Waals surface area contributed by atoms with Crippen LogP contribution in [0.25, 0.3) is 0 Å². The Bertz CT molecular complexity index is 506. The third kappa shape index (κ3) is 2.81. The maximum Gasteiger partial charge on any atom is 0.115 e. The minimum absolute atomic E-state index is 0.162. The van der Waals surface area contributed by atoms with Crippen LogP contribution >= 0.6 is 27.5 Å². The van der Waals surface area contributed by atoms with Crippen LogP contribution in [-0.2, 0) is 0 Å². The summed E-state index contributed by atoms with van der Waals surface area (Å²) < 4.78 is 0.828. The molecule has 0 aliphatic carbocycles. The molecule has 6 heteroatoms. The van der Waals surface area contributed by atoms with Gasteiger partial charge in [-0.1, -0.05) is 17.7 Å². The second kappa shape index (κ2) is 5.55. The molecular weight excluding hydrogens is 304 g/mol. The third-order valence-electron chi connectivity index (χ3n) is 2.36. The number of halogens is 2. The van der Waals surface area contributed by atoms with Gasteiger partial charge in [-0.05, 0) is 33.6 Å². The largest absolute Gasteiger partial charge is 0.271 e. The van der Waals surface area contributed by atoms with E-state index in [1.807, 2.05) is 18.2 Å². The molecule has 4 nitrogen and oxygen atoms in total. The fourth-order valence-corrected chi connectivity index (χ4v) is 2.05. The van der Waals surface area contributed by atoms with Gasteiger partial charge in [0.15, 0.2) is 0 Å². The van der Waals surface area contributed by atoms with Gasteiger partial charge in [0.1, 0.15) is 6.33 Å². The highest BCUT2D eigenvalue weighted by atomic mass is 79.9. The van der Waals surface area contributed by atoms with E-state index >= 15 is 0 Å². The van der Waals surface area contributed by atoms with Crippen LogP contribution in [-0.4, -0.2) is 9.97 Å². The zero-order chi connectivity index (χ0) is 12.3. The lowest BCUT2D eigenvalue weighted by atomic mass is 10.0. The quantitative estimate of drug-likeness (QED) is 0.675. The molecule has 3 N–H and O–H groups in total. The lowest BCUT2D eigenvalue weighted by Crippen LogP contribution is -2.29. The Balaban J connectivity index is 2.39. The molecule has 0 radical (unpaired) electrons. The van der Waals surface area contributed by atoms with Crippen LogP contribution in [0, 0.1) is 0 Å². The summed E-state index contributed by atoms with van der Waals surface area (Å²) in [4.78, 5) is 7.95. The highest BCUT2D eigenvalue weighted by Gasteiger charge is 2.13. The van der Waals surface area contributed by atoms with Gasteiger partial charge < -0.3 is 0 Å². The van der Waals surface area contributed by atoms with Crippen molar-refractivity contribution in [1.82, 2.24) is 15.4 Å². The van der Waals surface area contributed by atoms with Crippen LogP contribution in [0.2, 0.25) is 5.02 Å². The predicted octanol–water partition coefficient (Wildman–Crippen LogP) is 2.45. The molecule has 1 aromatic carbocycles. The maximum absolute atomic E-state index is 5.95. The van der Waals surface area contributed by atoms with Crippen molar-refractivity contribution in [3.05, 3.63) is 57.5 Å². The van der Waals surface area contributed by atoms with Crippen LogP contribution < -0.4 is 11.3 Å². The van der Waals surface area contributed by atoms with E-state index in [9.17, 15) is 0 Å². The summed E-state index contributed by atoms with van der Waals surface area (Å²) in [5, 5.41) is 0.661. The van der Waals surface area contributed by atoms with E-state index < -0.39 is 0 Å². The number of nitrogens with zero attached hydrogens (tertiary/aromatic N) is 2. The summed E-state index contributed by atoms with van der Waals surface area (Å²) in [6.07, 6.45) is 4.93. The summed E-state index contributed by atoms with van der Waals surface area (Å²) in [7, 11) is 0. The van der Waals surface area contributed by atoms with Crippen molar-refractivity contribution in [1.29, 1.82) is 0 Å². The lowest BCUT2D eigenvalue weighted by molar-refractivity contribution is 0.631. The van der Waals surface area contributed by atoms with E-state index in [1.54, 1.807) is 12.4 Å². The molecule has 0 fully saturated rings. The van der Waals surface area contributed by atoms with Gasteiger partial charge in [0.25, 0.3) is 0 Å². The van der Waals surface area contributed by atoms with Crippen LogP contribution in [0.15, 0.2) is 41.4 Å². The van der Waals surface area contributed by atoms with Gasteiger partial charge in [0.05, 0.1) is 11.1 Å². The number of benzene rings is 1. The van der Waals surface area contributed by atoms with Gasteiger partial charge in [-0.2, -0.15) is 0 Å². The van der Waals surface area contributed by atoms with Crippen LogP contribution in [0.3, 0.4) is 0 Å². The van der Waals surface area contributed by atoms with E-state index in [0.29, 0.717) is 5.02 Å². The first kappa shape index (κ1) is 12.4. The zero-order valence-electron chi connectivity index (χ0n) is 8.77. The van der Waals surface area contributed by atoms with Gasteiger partial charge in [-0.25, -0.2) is 15.4 Å². The van der Waals surface area contributed by atoms with Gasteiger partial charge in [-0.15, -0.1) is 0 Å². The number of hydrogen-bond acceptors (Lipinski definition) is 4. The fourth-order valence-electron chi connectivity index (χ4n) is 1.54. The van der Waals surface area contributed by atoms with E-state index in [-0.39, 0.29) is 6.04 Å². The highest BCUT2D eigenvalue weighted by Crippen LogP contribution is 2.28. The Kier molecular flexibility index (Phi) is 4.06. The Morgan fingerprint density at radius 2 is 1.94 bits per heavy atom. The highest BCUT2D eigenvalue weighted by molar-refractivity contribution is 9.10. The molecule has 1 aromatic heterocycles. The molecule has 17 heavy (non-hydrogen) atoms. The molecule has 0 saturated carbocycles. The molecule has 0 aliphatic heterocycles. The first-order valence-corrected chi connectivity index (χ1v) is 6.05. The van der Waals surface area contributed by atoms with Crippen molar-refractivity contribution in [2.75, 3.05) is 0 Å². The number of nitrogens with two attached hydrogens (primary N) is 1. The second-order valence-corrected chi connectivity index (χ2v) is 4.71. The average Bonchev–Trinajstić information content (AvgIpc) is 2.36. The lowest BCUT2D eigenvalue weighted by Gasteiger charge is -2.16. The number of rotatable bonds is 3.